The molecule has 1 aromatic heterocycles. The van der Waals surface area contributed by atoms with Crippen LogP contribution >= 0.6 is 11.6 Å². The first-order chi connectivity index (χ1) is 14.6. The number of nitrogens with zero attached hydrogens (tertiary/aromatic N) is 3. The molecule has 1 aliphatic heterocycles. The van der Waals surface area contributed by atoms with E-state index >= 15 is 0 Å². The van der Waals surface area contributed by atoms with Gasteiger partial charge < -0.3 is 10.0 Å². The van der Waals surface area contributed by atoms with Gasteiger partial charge in [-0.1, -0.05) is 17.7 Å². The average Bonchev–Trinajstić information content (AvgIpc) is 2.90. The molecule has 0 saturated carbocycles. The summed E-state index contributed by atoms with van der Waals surface area (Å²) in [6.45, 7) is 0.503. The van der Waals surface area contributed by atoms with Crippen molar-refractivity contribution in [1.82, 2.24) is 4.98 Å². The number of carbonyl (C=O) groups excluding carboxylic acids is 1. The number of anilines is 4. The van der Waals surface area contributed by atoms with Gasteiger partial charge in [0.1, 0.15) is 5.75 Å². The van der Waals surface area contributed by atoms with E-state index in [2.05, 4.69) is 9.88 Å². The fraction of sp³-hybridized carbons (Fsp3) is 0.0833. The lowest BCUT2D eigenvalue weighted by Crippen LogP contribution is -2.25. The number of amides is 1. The molecule has 0 atom stereocenters. The lowest BCUT2D eigenvalue weighted by molar-refractivity contribution is -0.117. The van der Waals surface area contributed by atoms with E-state index in [-0.39, 0.29) is 11.7 Å². The highest BCUT2D eigenvalue weighted by atomic mass is 35.5. The second-order valence-corrected chi connectivity index (χ2v) is 7.60. The molecule has 5 nitrogen and oxygen atoms in total. The van der Waals surface area contributed by atoms with E-state index in [1.165, 1.54) is 0 Å². The number of rotatable bonds is 2. The van der Waals surface area contributed by atoms with Crippen molar-refractivity contribution in [2.75, 3.05) is 16.3 Å². The maximum atomic E-state index is 13.2. The van der Waals surface area contributed by atoms with E-state index in [1.807, 2.05) is 54.6 Å². The van der Waals surface area contributed by atoms with Gasteiger partial charge in [0.25, 0.3) is 0 Å². The maximum Gasteiger partial charge on any atom is 0.233 e. The largest absolute Gasteiger partial charge is 0.508 e. The van der Waals surface area contributed by atoms with Crippen LogP contribution in [-0.4, -0.2) is 22.5 Å². The molecule has 0 spiro atoms. The predicted molar refractivity (Wildman–Crippen MR) is 120 cm³/mol. The average molecular weight is 416 g/mol. The van der Waals surface area contributed by atoms with Crippen molar-refractivity contribution < 1.29 is 9.90 Å². The summed E-state index contributed by atoms with van der Waals surface area (Å²) in [6, 6.07) is 22.2. The van der Waals surface area contributed by atoms with Crippen LogP contribution in [0.25, 0.3) is 10.9 Å². The maximum absolute atomic E-state index is 13.2. The minimum atomic E-state index is 0.00286. The van der Waals surface area contributed by atoms with Crippen LogP contribution in [0.5, 0.6) is 5.75 Å². The molecule has 1 aliphatic rings. The summed E-state index contributed by atoms with van der Waals surface area (Å²) < 4.78 is 0. The Balaban J connectivity index is 1.68. The number of hydrogen-bond acceptors (Lipinski definition) is 4. The van der Waals surface area contributed by atoms with Crippen LogP contribution in [0.15, 0.2) is 79.0 Å². The summed E-state index contributed by atoms with van der Waals surface area (Å²) in [5, 5.41) is 11.2. The smallest absolute Gasteiger partial charge is 0.233 e. The van der Waals surface area contributed by atoms with Gasteiger partial charge in [-0.05, 0) is 66.7 Å². The lowest BCUT2D eigenvalue weighted by Gasteiger charge is -2.27. The van der Waals surface area contributed by atoms with Crippen molar-refractivity contribution in [3.8, 4) is 5.75 Å². The van der Waals surface area contributed by atoms with E-state index in [1.54, 1.807) is 29.3 Å². The zero-order valence-corrected chi connectivity index (χ0v) is 16.8. The quantitative estimate of drug-likeness (QED) is 0.449. The van der Waals surface area contributed by atoms with Crippen LogP contribution in [-0.2, 0) is 4.79 Å². The van der Waals surface area contributed by atoms with Crippen molar-refractivity contribution in [1.29, 1.82) is 0 Å². The third-order valence-electron chi connectivity index (χ3n) is 5.27. The van der Waals surface area contributed by atoms with Gasteiger partial charge in [0.15, 0.2) is 0 Å². The molecule has 4 aromatic rings. The molecule has 0 radical (unpaired) electrons. The van der Waals surface area contributed by atoms with Gasteiger partial charge >= 0.3 is 0 Å². The molecule has 3 aromatic carbocycles. The predicted octanol–water partition coefficient (Wildman–Crippen LogP) is 5.80. The van der Waals surface area contributed by atoms with Crippen LogP contribution in [0.1, 0.15) is 6.42 Å². The van der Waals surface area contributed by atoms with Gasteiger partial charge in [-0.25, -0.2) is 0 Å². The number of aromatic hydroxyl groups is 1. The number of phenols is 1. The summed E-state index contributed by atoms with van der Waals surface area (Å²) >= 11 is 6.34. The van der Waals surface area contributed by atoms with Crippen LogP contribution < -0.4 is 9.80 Å². The molecule has 0 aliphatic carbocycles. The summed E-state index contributed by atoms with van der Waals surface area (Å²) in [5.41, 5.74) is 4.15. The number of carbonyl (C=O) groups is 1. The van der Waals surface area contributed by atoms with E-state index in [0.717, 1.165) is 33.7 Å². The zero-order chi connectivity index (χ0) is 20.7. The normalized spacial score (nSPS) is 14.0. The van der Waals surface area contributed by atoms with Crippen molar-refractivity contribution in [3.63, 3.8) is 0 Å². The van der Waals surface area contributed by atoms with Crippen LogP contribution in [0, 0.1) is 0 Å². The van der Waals surface area contributed by atoms with Crippen molar-refractivity contribution in [2.45, 2.75) is 6.42 Å². The first-order valence-corrected chi connectivity index (χ1v) is 10.0. The molecule has 148 valence electrons. The van der Waals surface area contributed by atoms with Crippen LogP contribution in [0.3, 0.4) is 0 Å². The fourth-order valence-electron chi connectivity index (χ4n) is 3.86. The summed E-state index contributed by atoms with van der Waals surface area (Å²) in [5.74, 6) is 0.199. The Morgan fingerprint density at radius 2 is 1.70 bits per heavy atom. The van der Waals surface area contributed by atoms with E-state index in [9.17, 15) is 9.90 Å². The standard InChI is InChI=1S/C24H18ClN3O2/c25-17-3-10-22-23(15-17)27(18-4-7-20(29)8-5-18)13-11-24(30)28(22)19-6-9-21-16(14-19)2-1-12-26-21/h1-10,12,14-15,29H,11,13H2. The Hall–Kier alpha value is -3.57. The molecule has 2 heterocycles. The topological polar surface area (TPSA) is 56.7 Å². The molecule has 1 amide bonds. The molecule has 30 heavy (non-hydrogen) atoms. The third kappa shape index (κ3) is 3.23. The summed E-state index contributed by atoms with van der Waals surface area (Å²) in [6.07, 6.45) is 2.09. The minimum Gasteiger partial charge on any atom is -0.508 e. The van der Waals surface area contributed by atoms with Gasteiger partial charge in [-0.15, -0.1) is 0 Å². The third-order valence-corrected chi connectivity index (χ3v) is 5.51. The number of hydrogen-bond donors (Lipinski definition) is 1. The van der Waals surface area contributed by atoms with Crippen molar-refractivity contribution in [3.05, 3.63) is 84.0 Å². The number of phenolic OH excluding ortho intramolecular Hbond substituents is 1. The van der Waals surface area contributed by atoms with Gasteiger partial charge in [0.05, 0.1) is 16.9 Å². The molecule has 5 rings (SSSR count). The Labute approximate surface area is 178 Å². The fourth-order valence-corrected chi connectivity index (χ4v) is 4.03. The minimum absolute atomic E-state index is 0.00286. The zero-order valence-electron chi connectivity index (χ0n) is 16.0. The number of pyridine rings is 1. The first-order valence-electron chi connectivity index (χ1n) is 9.64. The molecule has 0 saturated heterocycles. The first kappa shape index (κ1) is 18.5. The Bertz CT molecular complexity index is 1260. The number of aromatic nitrogens is 1. The number of benzene rings is 3. The number of halogens is 1. The highest BCUT2D eigenvalue weighted by Gasteiger charge is 2.28. The monoisotopic (exact) mass is 415 g/mol. The molecule has 0 unspecified atom stereocenters. The molecular formula is C24H18ClN3O2. The Kier molecular flexibility index (Phi) is 4.52. The van der Waals surface area contributed by atoms with Crippen molar-refractivity contribution >= 4 is 51.2 Å². The lowest BCUT2D eigenvalue weighted by atomic mass is 10.1. The second-order valence-electron chi connectivity index (χ2n) is 7.16. The van der Waals surface area contributed by atoms with Gasteiger partial charge in [-0.3, -0.25) is 14.7 Å². The molecule has 0 fully saturated rings. The van der Waals surface area contributed by atoms with E-state index < -0.39 is 0 Å². The van der Waals surface area contributed by atoms with Gasteiger partial charge in [0, 0.05) is 40.9 Å². The van der Waals surface area contributed by atoms with E-state index in [4.69, 9.17) is 11.6 Å². The molecule has 1 N–H and O–H groups in total. The van der Waals surface area contributed by atoms with Crippen LogP contribution in [0.2, 0.25) is 5.02 Å². The molecule has 6 heteroatoms. The Morgan fingerprint density at radius 3 is 2.53 bits per heavy atom. The molecule has 0 bridgehead atoms. The van der Waals surface area contributed by atoms with Crippen molar-refractivity contribution in [2.24, 2.45) is 0 Å². The Morgan fingerprint density at radius 1 is 0.900 bits per heavy atom. The highest BCUT2D eigenvalue weighted by molar-refractivity contribution is 6.31. The summed E-state index contributed by atoms with van der Waals surface area (Å²) in [7, 11) is 0. The molecular weight excluding hydrogens is 398 g/mol. The highest BCUT2D eigenvalue weighted by Crippen LogP contribution is 2.42. The number of fused-ring (bicyclic) bond motifs is 2. The van der Waals surface area contributed by atoms with E-state index in [0.29, 0.717) is 18.0 Å². The van der Waals surface area contributed by atoms with Gasteiger partial charge in [0.2, 0.25) is 5.91 Å². The summed E-state index contributed by atoms with van der Waals surface area (Å²) in [4.78, 5) is 21.4. The van der Waals surface area contributed by atoms with Gasteiger partial charge in [-0.2, -0.15) is 0 Å². The SMILES string of the molecule is O=C1CCN(c2ccc(O)cc2)c2cc(Cl)ccc2N1c1ccc2ncccc2c1. The van der Waals surface area contributed by atoms with Crippen LogP contribution in [0.4, 0.5) is 22.7 Å². The second kappa shape index (κ2) is 7.35.